The Balaban J connectivity index is 2.61. The first-order chi connectivity index (χ1) is 9.73. The minimum Gasteiger partial charge on any atom is -0.496 e. The fourth-order valence-corrected chi connectivity index (χ4v) is 1.62. The standard InChI is InChI=1S/C15H21NO5/c1-15(2,3)21-14(18)20-13(17)11(16)9-10-7-5-6-8-12(10)19-4/h5-8,11H,9,16H2,1-4H3/t11-/m0/s1. The molecule has 0 aliphatic rings. The van der Waals surface area contributed by atoms with Crippen molar-refractivity contribution in [3.8, 4) is 5.75 Å². The molecular formula is C15H21NO5. The lowest BCUT2D eigenvalue weighted by atomic mass is 10.1. The van der Waals surface area contributed by atoms with E-state index in [-0.39, 0.29) is 6.42 Å². The highest BCUT2D eigenvalue weighted by molar-refractivity contribution is 5.85. The fraction of sp³-hybridized carbons (Fsp3) is 0.467. The van der Waals surface area contributed by atoms with E-state index in [0.29, 0.717) is 5.75 Å². The Labute approximate surface area is 124 Å². The third-order valence-electron chi connectivity index (χ3n) is 2.51. The summed E-state index contributed by atoms with van der Waals surface area (Å²) in [5.74, 6) is -0.215. The highest BCUT2D eigenvalue weighted by Gasteiger charge is 2.24. The number of nitrogens with two attached hydrogens (primary N) is 1. The van der Waals surface area contributed by atoms with E-state index < -0.39 is 23.8 Å². The second-order valence-electron chi connectivity index (χ2n) is 5.51. The largest absolute Gasteiger partial charge is 0.516 e. The van der Waals surface area contributed by atoms with E-state index in [0.717, 1.165) is 5.56 Å². The number of esters is 1. The summed E-state index contributed by atoms with van der Waals surface area (Å²) in [5, 5.41) is 0. The highest BCUT2D eigenvalue weighted by Crippen LogP contribution is 2.19. The molecule has 0 spiro atoms. The molecule has 0 unspecified atom stereocenters. The van der Waals surface area contributed by atoms with Crippen LogP contribution in [0.1, 0.15) is 26.3 Å². The number of hydrogen-bond acceptors (Lipinski definition) is 6. The molecule has 21 heavy (non-hydrogen) atoms. The number of carbonyl (C=O) groups is 2. The van der Waals surface area contributed by atoms with Crippen LogP contribution in [0, 0.1) is 0 Å². The van der Waals surface area contributed by atoms with Crippen molar-refractivity contribution < 1.29 is 23.8 Å². The summed E-state index contributed by atoms with van der Waals surface area (Å²) in [6.07, 6.45) is -0.853. The van der Waals surface area contributed by atoms with Crippen molar-refractivity contribution in [2.45, 2.75) is 38.8 Å². The van der Waals surface area contributed by atoms with Crippen molar-refractivity contribution >= 4 is 12.1 Å². The first kappa shape index (κ1) is 17.0. The first-order valence-corrected chi connectivity index (χ1v) is 6.55. The number of rotatable bonds is 4. The number of methoxy groups -OCH3 is 1. The monoisotopic (exact) mass is 295 g/mol. The van der Waals surface area contributed by atoms with Crippen LogP contribution in [0.5, 0.6) is 5.75 Å². The van der Waals surface area contributed by atoms with Gasteiger partial charge in [0.25, 0.3) is 0 Å². The van der Waals surface area contributed by atoms with Gasteiger partial charge in [0, 0.05) is 6.42 Å². The van der Waals surface area contributed by atoms with E-state index in [1.807, 2.05) is 12.1 Å². The molecular weight excluding hydrogens is 274 g/mol. The Morgan fingerprint density at radius 3 is 2.43 bits per heavy atom. The van der Waals surface area contributed by atoms with Gasteiger partial charge >= 0.3 is 12.1 Å². The predicted octanol–water partition coefficient (Wildman–Crippen LogP) is 2.04. The Kier molecular flexibility index (Phi) is 5.72. The molecule has 0 fully saturated rings. The van der Waals surface area contributed by atoms with Gasteiger partial charge in [-0.05, 0) is 32.4 Å². The van der Waals surface area contributed by atoms with Crippen molar-refractivity contribution in [3.05, 3.63) is 29.8 Å². The van der Waals surface area contributed by atoms with Gasteiger partial charge < -0.3 is 19.9 Å². The van der Waals surface area contributed by atoms with Crippen LogP contribution in [0.25, 0.3) is 0 Å². The number of hydrogen-bond donors (Lipinski definition) is 1. The molecule has 0 radical (unpaired) electrons. The normalized spacial score (nSPS) is 12.4. The predicted molar refractivity (Wildman–Crippen MR) is 77.0 cm³/mol. The summed E-state index contributed by atoms with van der Waals surface area (Å²) in [6.45, 7) is 5.02. The Morgan fingerprint density at radius 2 is 1.86 bits per heavy atom. The zero-order valence-electron chi connectivity index (χ0n) is 12.7. The van der Waals surface area contributed by atoms with Gasteiger partial charge in [-0.2, -0.15) is 0 Å². The summed E-state index contributed by atoms with van der Waals surface area (Å²) in [4.78, 5) is 23.2. The topological polar surface area (TPSA) is 87.9 Å². The summed E-state index contributed by atoms with van der Waals surface area (Å²) in [5.41, 5.74) is 5.77. The summed E-state index contributed by atoms with van der Waals surface area (Å²) < 4.78 is 14.6. The maximum atomic E-state index is 11.8. The zero-order chi connectivity index (χ0) is 16.0. The van der Waals surface area contributed by atoms with Crippen LogP contribution in [0.2, 0.25) is 0 Å². The smallest absolute Gasteiger partial charge is 0.496 e. The zero-order valence-corrected chi connectivity index (χ0v) is 12.7. The molecule has 0 aliphatic heterocycles. The fourth-order valence-electron chi connectivity index (χ4n) is 1.62. The number of para-hydroxylation sites is 1. The molecule has 0 heterocycles. The molecule has 0 bridgehead atoms. The van der Waals surface area contributed by atoms with Crippen molar-refractivity contribution in [1.29, 1.82) is 0 Å². The summed E-state index contributed by atoms with van der Waals surface area (Å²) >= 11 is 0. The van der Waals surface area contributed by atoms with Crippen LogP contribution in [-0.2, 0) is 20.7 Å². The summed E-state index contributed by atoms with van der Waals surface area (Å²) in [7, 11) is 1.53. The van der Waals surface area contributed by atoms with Gasteiger partial charge in [0.15, 0.2) is 0 Å². The third-order valence-corrected chi connectivity index (χ3v) is 2.51. The molecule has 1 atom stereocenters. The van der Waals surface area contributed by atoms with Crippen molar-refractivity contribution in [2.24, 2.45) is 5.73 Å². The number of ether oxygens (including phenoxy) is 3. The van der Waals surface area contributed by atoms with Crippen LogP contribution in [0.4, 0.5) is 4.79 Å². The molecule has 0 amide bonds. The highest BCUT2D eigenvalue weighted by atomic mass is 16.7. The lowest BCUT2D eigenvalue weighted by Gasteiger charge is -2.19. The SMILES string of the molecule is COc1ccccc1C[C@H](N)C(=O)OC(=O)OC(C)(C)C. The van der Waals surface area contributed by atoms with E-state index in [9.17, 15) is 9.59 Å². The van der Waals surface area contributed by atoms with Crippen LogP contribution in [0.15, 0.2) is 24.3 Å². The quantitative estimate of drug-likeness (QED) is 0.675. The van der Waals surface area contributed by atoms with Crippen molar-refractivity contribution in [2.75, 3.05) is 7.11 Å². The van der Waals surface area contributed by atoms with Crippen LogP contribution in [-0.4, -0.2) is 30.9 Å². The van der Waals surface area contributed by atoms with E-state index in [1.165, 1.54) is 7.11 Å². The molecule has 0 saturated carbocycles. The Morgan fingerprint density at radius 1 is 1.24 bits per heavy atom. The van der Waals surface area contributed by atoms with E-state index in [1.54, 1.807) is 32.9 Å². The van der Waals surface area contributed by atoms with Crippen LogP contribution in [0.3, 0.4) is 0 Å². The van der Waals surface area contributed by atoms with Gasteiger partial charge in [0.05, 0.1) is 7.11 Å². The molecule has 1 aromatic carbocycles. The molecule has 1 aromatic rings. The minimum atomic E-state index is -1.05. The summed E-state index contributed by atoms with van der Waals surface area (Å²) in [6, 6.07) is 6.20. The average Bonchev–Trinajstić information content (AvgIpc) is 2.36. The molecule has 0 aromatic heterocycles. The molecule has 1 rings (SSSR count). The Hall–Kier alpha value is -2.08. The molecule has 116 valence electrons. The van der Waals surface area contributed by atoms with Gasteiger partial charge in [-0.15, -0.1) is 0 Å². The third kappa shape index (κ3) is 5.83. The van der Waals surface area contributed by atoms with Gasteiger partial charge in [-0.3, -0.25) is 0 Å². The van der Waals surface area contributed by atoms with Gasteiger partial charge in [-0.25, -0.2) is 9.59 Å². The number of carbonyl (C=O) groups excluding carboxylic acids is 2. The lowest BCUT2D eigenvalue weighted by Crippen LogP contribution is -2.37. The van der Waals surface area contributed by atoms with E-state index >= 15 is 0 Å². The lowest BCUT2D eigenvalue weighted by molar-refractivity contribution is -0.142. The van der Waals surface area contributed by atoms with Gasteiger partial charge in [-0.1, -0.05) is 18.2 Å². The molecule has 0 aliphatic carbocycles. The molecule has 6 heteroatoms. The second kappa shape index (κ2) is 7.08. The second-order valence-corrected chi connectivity index (χ2v) is 5.51. The van der Waals surface area contributed by atoms with Gasteiger partial charge in [0.1, 0.15) is 17.4 Å². The van der Waals surface area contributed by atoms with Crippen LogP contribution >= 0.6 is 0 Å². The molecule has 2 N–H and O–H groups in total. The maximum absolute atomic E-state index is 11.8. The Bertz CT molecular complexity index is 507. The van der Waals surface area contributed by atoms with E-state index in [4.69, 9.17) is 15.2 Å². The van der Waals surface area contributed by atoms with E-state index in [2.05, 4.69) is 4.74 Å². The van der Waals surface area contributed by atoms with Crippen LogP contribution < -0.4 is 10.5 Å². The molecule has 0 saturated heterocycles. The number of benzene rings is 1. The maximum Gasteiger partial charge on any atom is 0.516 e. The minimum absolute atomic E-state index is 0.200. The average molecular weight is 295 g/mol. The van der Waals surface area contributed by atoms with Gasteiger partial charge in [0.2, 0.25) is 0 Å². The van der Waals surface area contributed by atoms with Crippen molar-refractivity contribution in [3.63, 3.8) is 0 Å². The van der Waals surface area contributed by atoms with Crippen molar-refractivity contribution in [1.82, 2.24) is 0 Å². The first-order valence-electron chi connectivity index (χ1n) is 6.55. The molecule has 6 nitrogen and oxygen atoms in total.